The minimum absolute atomic E-state index is 0.107. The number of methoxy groups -OCH3 is 1. The number of para-hydroxylation sites is 1. The van der Waals surface area contributed by atoms with Gasteiger partial charge in [0.05, 0.1) is 23.1 Å². The number of anilines is 2. The lowest BCUT2D eigenvalue weighted by Crippen LogP contribution is -2.13. The number of hydrogen-bond acceptors (Lipinski definition) is 6. The fraction of sp³-hybridized carbons (Fsp3) is 0.125. The first-order valence-corrected chi connectivity index (χ1v) is 8.67. The number of nitrogens with two attached hydrogens (primary N) is 1. The molecule has 5 nitrogen and oxygen atoms in total. The second-order valence-electron chi connectivity index (χ2n) is 4.73. The number of nitrogen functional groups attached to an aromatic ring is 1. The second kappa shape index (κ2) is 6.89. The number of hydrogen-bond donors (Lipinski definition) is 2. The van der Waals surface area contributed by atoms with E-state index < -0.39 is 0 Å². The summed E-state index contributed by atoms with van der Waals surface area (Å²) in [6.07, 6.45) is 0. The van der Waals surface area contributed by atoms with Gasteiger partial charge in [0.15, 0.2) is 5.13 Å². The maximum Gasteiger partial charge on any atom is 0.236 e. The molecule has 0 aliphatic carbocycles. The molecule has 0 radical (unpaired) electrons. The minimum Gasteiger partial charge on any atom is -0.497 e. The highest BCUT2D eigenvalue weighted by molar-refractivity contribution is 8.00. The zero-order valence-electron chi connectivity index (χ0n) is 12.4. The Balaban J connectivity index is 1.64. The summed E-state index contributed by atoms with van der Waals surface area (Å²) in [5.41, 5.74) is 7.38. The van der Waals surface area contributed by atoms with Crippen molar-refractivity contribution in [2.45, 2.75) is 4.90 Å². The van der Waals surface area contributed by atoms with Gasteiger partial charge >= 0.3 is 0 Å². The van der Waals surface area contributed by atoms with E-state index in [0.29, 0.717) is 10.8 Å². The van der Waals surface area contributed by atoms with Crippen LogP contribution >= 0.6 is 23.1 Å². The molecule has 118 valence electrons. The molecule has 0 bridgehead atoms. The maximum atomic E-state index is 12.1. The van der Waals surface area contributed by atoms with Gasteiger partial charge in [0.2, 0.25) is 5.91 Å². The van der Waals surface area contributed by atoms with E-state index >= 15 is 0 Å². The molecule has 0 fully saturated rings. The fourth-order valence-electron chi connectivity index (χ4n) is 2.00. The normalized spacial score (nSPS) is 10.7. The zero-order valence-corrected chi connectivity index (χ0v) is 14.0. The highest BCUT2D eigenvalue weighted by Crippen LogP contribution is 2.29. The average molecular weight is 345 g/mol. The number of aromatic nitrogens is 1. The van der Waals surface area contributed by atoms with Crippen LogP contribution in [0.25, 0.3) is 10.2 Å². The van der Waals surface area contributed by atoms with Crippen molar-refractivity contribution >= 4 is 50.0 Å². The van der Waals surface area contributed by atoms with E-state index in [0.717, 1.165) is 20.9 Å². The molecule has 0 saturated carbocycles. The quantitative estimate of drug-likeness (QED) is 0.545. The Morgan fingerprint density at radius 2 is 2.17 bits per heavy atom. The third-order valence-corrected chi connectivity index (χ3v) is 5.14. The van der Waals surface area contributed by atoms with Gasteiger partial charge in [-0.05, 0) is 30.3 Å². The van der Waals surface area contributed by atoms with Crippen LogP contribution in [-0.2, 0) is 4.79 Å². The number of nitrogens with zero attached hydrogens (tertiary/aromatic N) is 1. The van der Waals surface area contributed by atoms with Crippen LogP contribution in [0.4, 0.5) is 10.8 Å². The molecule has 0 unspecified atom stereocenters. The summed E-state index contributed by atoms with van der Waals surface area (Å²) < 4.78 is 6.16. The number of rotatable bonds is 5. The summed E-state index contributed by atoms with van der Waals surface area (Å²) in [7, 11) is 1.62. The first kappa shape index (κ1) is 15.6. The lowest BCUT2D eigenvalue weighted by molar-refractivity contribution is -0.113. The number of carbonyl (C=O) groups is 1. The molecule has 0 aliphatic heterocycles. The summed E-state index contributed by atoms with van der Waals surface area (Å²) in [5, 5.41) is 3.41. The van der Waals surface area contributed by atoms with Crippen molar-refractivity contribution in [3.8, 4) is 5.75 Å². The highest BCUT2D eigenvalue weighted by atomic mass is 32.2. The Morgan fingerprint density at radius 1 is 1.35 bits per heavy atom. The maximum absolute atomic E-state index is 12.1. The lowest BCUT2D eigenvalue weighted by Gasteiger charge is -2.04. The van der Waals surface area contributed by atoms with Crippen molar-refractivity contribution in [1.82, 2.24) is 4.98 Å². The van der Waals surface area contributed by atoms with Crippen LogP contribution in [0.5, 0.6) is 5.75 Å². The van der Waals surface area contributed by atoms with Crippen molar-refractivity contribution in [3.63, 3.8) is 0 Å². The number of ether oxygens (including phenoxy) is 1. The summed E-state index contributed by atoms with van der Waals surface area (Å²) in [4.78, 5) is 17.4. The monoisotopic (exact) mass is 345 g/mol. The molecule has 0 atom stereocenters. The van der Waals surface area contributed by atoms with Crippen LogP contribution in [0.1, 0.15) is 0 Å². The molecule has 0 aliphatic rings. The lowest BCUT2D eigenvalue weighted by atomic mass is 10.3. The van der Waals surface area contributed by atoms with E-state index in [1.807, 2.05) is 42.5 Å². The smallest absolute Gasteiger partial charge is 0.236 e. The third-order valence-electron chi connectivity index (χ3n) is 3.12. The molecule has 1 amide bonds. The van der Waals surface area contributed by atoms with Gasteiger partial charge in [0.1, 0.15) is 5.75 Å². The van der Waals surface area contributed by atoms with Crippen molar-refractivity contribution in [3.05, 3.63) is 42.5 Å². The predicted molar refractivity (Wildman–Crippen MR) is 96.4 cm³/mol. The topological polar surface area (TPSA) is 77.2 Å². The molecule has 23 heavy (non-hydrogen) atoms. The molecule has 3 aromatic rings. The van der Waals surface area contributed by atoms with Crippen molar-refractivity contribution in [1.29, 1.82) is 0 Å². The van der Waals surface area contributed by atoms with Crippen LogP contribution < -0.4 is 15.8 Å². The predicted octanol–water partition coefficient (Wildman–Crippen LogP) is 3.62. The molecular formula is C16H15N3O2S2. The summed E-state index contributed by atoms with van der Waals surface area (Å²) >= 11 is 2.83. The van der Waals surface area contributed by atoms with Gasteiger partial charge in [0, 0.05) is 10.6 Å². The van der Waals surface area contributed by atoms with Gasteiger partial charge in [-0.3, -0.25) is 4.79 Å². The Kier molecular flexibility index (Phi) is 4.68. The van der Waals surface area contributed by atoms with E-state index in [-0.39, 0.29) is 11.7 Å². The number of benzene rings is 2. The Labute approximate surface area is 141 Å². The van der Waals surface area contributed by atoms with Crippen LogP contribution in [0.2, 0.25) is 0 Å². The van der Waals surface area contributed by atoms with Crippen LogP contribution in [0, 0.1) is 0 Å². The number of amides is 1. The molecule has 3 rings (SSSR count). The van der Waals surface area contributed by atoms with E-state index in [2.05, 4.69) is 10.3 Å². The molecule has 0 saturated heterocycles. The van der Waals surface area contributed by atoms with Crippen molar-refractivity contribution in [2.75, 3.05) is 23.9 Å². The number of thioether (sulfide) groups is 1. The number of nitrogens with one attached hydrogen (secondary N) is 1. The van der Waals surface area contributed by atoms with E-state index in [1.54, 1.807) is 7.11 Å². The van der Waals surface area contributed by atoms with Crippen LogP contribution in [0.3, 0.4) is 0 Å². The van der Waals surface area contributed by atoms with Gasteiger partial charge in [-0.1, -0.05) is 23.5 Å². The van der Waals surface area contributed by atoms with Gasteiger partial charge in [-0.25, -0.2) is 4.98 Å². The minimum atomic E-state index is -0.107. The first-order chi connectivity index (χ1) is 11.2. The SMILES string of the molecule is COc1ccc2nc(NC(=O)CSc3ccccc3N)sc2c1. The second-order valence-corrected chi connectivity index (χ2v) is 6.78. The van der Waals surface area contributed by atoms with E-state index in [9.17, 15) is 4.79 Å². The summed E-state index contributed by atoms with van der Waals surface area (Å²) in [6, 6.07) is 13.1. The Morgan fingerprint density at radius 3 is 2.96 bits per heavy atom. The third kappa shape index (κ3) is 3.75. The molecule has 1 aromatic heterocycles. The van der Waals surface area contributed by atoms with Crippen molar-refractivity contribution < 1.29 is 9.53 Å². The molecule has 3 N–H and O–H groups in total. The molecule has 1 heterocycles. The van der Waals surface area contributed by atoms with E-state index in [1.165, 1.54) is 23.1 Å². The van der Waals surface area contributed by atoms with E-state index in [4.69, 9.17) is 10.5 Å². The van der Waals surface area contributed by atoms with Crippen LogP contribution in [-0.4, -0.2) is 23.8 Å². The largest absolute Gasteiger partial charge is 0.497 e. The van der Waals surface area contributed by atoms with Crippen LogP contribution in [0.15, 0.2) is 47.4 Å². The van der Waals surface area contributed by atoms with Gasteiger partial charge < -0.3 is 15.8 Å². The van der Waals surface area contributed by atoms with Gasteiger partial charge in [-0.2, -0.15) is 0 Å². The summed E-state index contributed by atoms with van der Waals surface area (Å²) in [6.45, 7) is 0. The number of carbonyl (C=O) groups excluding carboxylic acids is 1. The fourth-order valence-corrected chi connectivity index (χ4v) is 3.67. The first-order valence-electron chi connectivity index (χ1n) is 6.87. The number of thiazole rings is 1. The van der Waals surface area contributed by atoms with Gasteiger partial charge in [0.25, 0.3) is 0 Å². The number of fused-ring (bicyclic) bond motifs is 1. The van der Waals surface area contributed by atoms with Gasteiger partial charge in [-0.15, -0.1) is 11.8 Å². The Bertz CT molecular complexity index is 848. The highest BCUT2D eigenvalue weighted by Gasteiger charge is 2.10. The molecular weight excluding hydrogens is 330 g/mol. The standard InChI is InChI=1S/C16H15N3O2S2/c1-21-10-6-7-12-14(8-10)23-16(18-12)19-15(20)9-22-13-5-3-2-4-11(13)17/h2-8H,9,17H2,1H3,(H,18,19,20). The zero-order chi connectivity index (χ0) is 16.2. The Hall–Kier alpha value is -2.25. The molecule has 2 aromatic carbocycles. The molecule has 0 spiro atoms. The molecule has 7 heteroatoms. The van der Waals surface area contributed by atoms with Crippen molar-refractivity contribution in [2.24, 2.45) is 0 Å². The average Bonchev–Trinajstić information content (AvgIpc) is 2.95. The summed E-state index contributed by atoms with van der Waals surface area (Å²) in [5.74, 6) is 0.950.